The molecule has 4 heteroatoms. The van der Waals surface area contributed by atoms with Gasteiger partial charge in [0.05, 0.1) is 0 Å². The van der Waals surface area contributed by atoms with Crippen LogP contribution in [0.15, 0.2) is 0 Å². The van der Waals surface area contributed by atoms with Gasteiger partial charge in [-0.2, -0.15) is 0 Å². The van der Waals surface area contributed by atoms with Gasteiger partial charge in [-0.25, -0.2) is 0 Å². The minimum Gasteiger partial charge on any atom is -0.412 e. The summed E-state index contributed by atoms with van der Waals surface area (Å²) < 4.78 is 0.0208. The van der Waals surface area contributed by atoms with E-state index in [2.05, 4.69) is 0 Å². The van der Waals surface area contributed by atoms with Crippen LogP contribution in [-0.2, 0) is 0 Å². The molecule has 36 valence electrons. The van der Waals surface area contributed by atoms with Crippen molar-refractivity contribution in [2.75, 3.05) is 0 Å². The Hall–Kier alpha value is 1.52. The molecule has 6 heavy (non-hydrogen) atoms. The predicted molar refractivity (Wildman–Crippen MR) is 24.7 cm³/mol. The molecule has 0 heterocycles. The zero-order valence-electron chi connectivity index (χ0n) is 4.02. The Bertz CT molecular complexity index is 13.5. The van der Waals surface area contributed by atoms with Gasteiger partial charge in [-0.05, 0) is 0 Å². The largest absolute Gasteiger partial charge is 0.412 e. The minimum absolute atomic E-state index is 0. The molecule has 0 amide bonds. The molecule has 0 radical (unpaired) electrons. The maximum Gasteiger partial charge on any atom is -0.412 e. The maximum absolute atomic E-state index is 8.14. The maximum atomic E-state index is 8.14. The van der Waals surface area contributed by atoms with Gasteiger partial charge in [-0.3, -0.25) is 0 Å². The number of hydrogen-bond acceptors (Lipinski definition) is 1. The van der Waals surface area contributed by atoms with Crippen LogP contribution in [0.5, 0.6) is 0 Å². The zero-order valence-corrected chi connectivity index (χ0v) is 7.15. The van der Waals surface area contributed by atoms with Gasteiger partial charge in [-0.1, -0.05) is 0 Å². The second-order valence-corrected chi connectivity index (χ2v) is 3.70. The van der Waals surface area contributed by atoms with Crippen molar-refractivity contribution in [2.45, 2.75) is 7.12 Å². The molecular weight excluding hydrogens is 111 g/mol. The average Bonchev–Trinajstić information content (AvgIpc) is 0.811. The molecule has 0 saturated heterocycles. The number of rotatable bonds is 0. The molecule has 0 aliphatic carbocycles. The smallest absolute Gasteiger partial charge is 0.412 e. The third-order valence-electron chi connectivity index (χ3n) is 0. The molecule has 0 aromatic carbocycles. The van der Waals surface area contributed by atoms with Crippen LogP contribution in [0.1, 0.15) is 6.92 Å². The zero-order chi connectivity index (χ0) is 3.58. The van der Waals surface area contributed by atoms with Gasteiger partial charge >= 0.3 is 61.2 Å². The summed E-state index contributed by atoms with van der Waals surface area (Å²) in [6, 6.07) is 0. The fraction of sp³-hybridized carbons (Fsp3) is 1.00. The number of aliphatic hydroxyl groups is 1. The van der Waals surface area contributed by atoms with E-state index in [1.807, 2.05) is 0 Å². The molecule has 0 fully saturated rings. The Kier molecular flexibility index (Phi) is 25.4. The summed E-state index contributed by atoms with van der Waals surface area (Å²) in [6.45, 7) is 1.81. The average molecular weight is 120 g/mol. The van der Waals surface area contributed by atoms with E-state index in [9.17, 15) is 0 Å². The normalized spacial score (nSPS) is 10.7. The fourth-order valence-electron chi connectivity index (χ4n) is 0. The fourth-order valence-corrected chi connectivity index (χ4v) is 0. The van der Waals surface area contributed by atoms with Crippen LogP contribution in [-0.4, -0.2) is 65.2 Å². The molecule has 1 atom stereocenters. The van der Waals surface area contributed by atoms with Gasteiger partial charge in [0.2, 0.25) is 0 Å². The molecule has 0 aliphatic rings. The quantitative estimate of drug-likeness (QED) is 0.363. The van der Waals surface area contributed by atoms with E-state index < -0.39 is 0 Å². The van der Waals surface area contributed by atoms with E-state index in [0.717, 1.165) is 0 Å². The Labute approximate surface area is 70.9 Å². The molecule has 0 saturated carbocycles. The molecule has 0 rings (SSSR count). The van der Waals surface area contributed by atoms with E-state index in [-0.39, 0.29) is 11.2 Å². The van der Waals surface area contributed by atoms with Crippen molar-refractivity contribution < 1.29 is 16.1 Å². The topological polar surface area (TPSA) is 83.2 Å². The number of aliphatic hydroxyl groups excluding tert-OH is 1. The summed E-state index contributed by atoms with van der Waals surface area (Å²) in [5, 5.41) is 8.14. The van der Waals surface area contributed by atoms with Crippen molar-refractivity contribution in [1.29, 1.82) is 0 Å². The Morgan fingerprint density at radius 3 is 1.50 bits per heavy atom. The molecule has 0 aromatic heterocycles. The first-order chi connectivity index (χ1) is 1.73. The first kappa shape index (κ1) is 15.6. The van der Waals surface area contributed by atoms with Crippen molar-refractivity contribution in [3.05, 3.63) is 0 Å². The monoisotopic (exact) mass is 120 g/mol. The van der Waals surface area contributed by atoms with E-state index >= 15 is 0 Å². The minimum atomic E-state index is 0. The Morgan fingerprint density at radius 1 is 1.50 bits per heavy atom. The summed E-state index contributed by atoms with van der Waals surface area (Å²) in [7, 11) is 0. The second kappa shape index (κ2) is 9.72. The summed E-state index contributed by atoms with van der Waals surface area (Å²) in [5.41, 5.74) is 0. The molecular formula is C2H9KO3. The van der Waals surface area contributed by atoms with Crippen molar-refractivity contribution >= 4 is 49.0 Å². The Balaban J connectivity index is -0.0000000450. The van der Waals surface area contributed by atoms with E-state index in [1.54, 1.807) is 6.92 Å². The van der Waals surface area contributed by atoms with Gasteiger partial charge in [0.1, 0.15) is 0 Å². The molecule has 3 nitrogen and oxygen atoms in total. The van der Waals surface area contributed by atoms with Gasteiger partial charge in [0.25, 0.3) is 0 Å². The van der Waals surface area contributed by atoms with Crippen LogP contribution in [0.2, 0.25) is 0 Å². The van der Waals surface area contributed by atoms with Crippen LogP contribution >= 0.6 is 0 Å². The van der Waals surface area contributed by atoms with Crippen molar-refractivity contribution in [1.82, 2.24) is 0 Å². The van der Waals surface area contributed by atoms with Crippen LogP contribution in [0.4, 0.5) is 0 Å². The molecule has 0 spiro atoms. The molecule has 0 aliphatic heterocycles. The molecule has 0 bridgehead atoms. The summed E-state index contributed by atoms with van der Waals surface area (Å²) >= 11 is 0.618. The van der Waals surface area contributed by atoms with Crippen molar-refractivity contribution in [3.63, 3.8) is 0 Å². The first-order valence-corrected chi connectivity index (χ1v) is 3.22. The van der Waals surface area contributed by atoms with Gasteiger partial charge < -0.3 is 11.0 Å². The van der Waals surface area contributed by atoms with Crippen molar-refractivity contribution in [2.24, 2.45) is 0 Å². The van der Waals surface area contributed by atoms with Crippen LogP contribution in [0.3, 0.4) is 0 Å². The molecule has 0 aromatic rings. The molecule has 5 N–H and O–H groups in total. The molecule has 1 unspecified atom stereocenters. The number of hydrogen-bond donors (Lipinski definition) is 1. The van der Waals surface area contributed by atoms with E-state index in [1.165, 1.54) is 0 Å². The SMILES string of the molecule is C[CH](O)[K].O.O. The van der Waals surface area contributed by atoms with Crippen LogP contribution < -0.4 is 0 Å². The summed E-state index contributed by atoms with van der Waals surface area (Å²) in [6.07, 6.45) is 0. The van der Waals surface area contributed by atoms with Gasteiger partial charge in [0, 0.05) is 0 Å². The summed E-state index contributed by atoms with van der Waals surface area (Å²) in [5.74, 6) is 0. The van der Waals surface area contributed by atoms with Gasteiger partial charge in [0.15, 0.2) is 0 Å². The Morgan fingerprint density at radius 2 is 1.50 bits per heavy atom. The van der Waals surface area contributed by atoms with E-state index in [4.69, 9.17) is 5.11 Å². The summed E-state index contributed by atoms with van der Waals surface area (Å²) in [4.78, 5) is 0. The van der Waals surface area contributed by atoms with E-state index in [0.29, 0.717) is 49.0 Å². The van der Waals surface area contributed by atoms with Crippen LogP contribution in [0, 0.1) is 0 Å². The third kappa shape index (κ3) is 48.9. The standard InChI is InChI=1S/C2H5O.K.2H2O/c1-2-3;;;/h2-3H,1H3;;2*1H2. The predicted octanol–water partition coefficient (Wildman–Crippen LogP) is -2.16. The van der Waals surface area contributed by atoms with Crippen molar-refractivity contribution in [3.8, 4) is 0 Å². The third-order valence-corrected chi connectivity index (χ3v) is 0. The first-order valence-electron chi connectivity index (χ1n) is 1.41. The van der Waals surface area contributed by atoms with Gasteiger partial charge in [-0.15, -0.1) is 0 Å². The van der Waals surface area contributed by atoms with Crippen LogP contribution in [0.25, 0.3) is 0 Å². The second-order valence-electron chi connectivity index (χ2n) is 1.09.